The highest BCUT2D eigenvalue weighted by Gasteiger charge is 2.54. The van der Waals surface area contributed by atoms with Gasteiger partial charge in [-0.2, -0.15) is 4.31 Å². The molecule has 12 heteroatoms. The maximum absolute atomic E-state index is 13.8. The number of hydrogen-bond acceptors (Lipinski definition) is 6. The van der Waals surface area contributed by atoms with E-state index in [0.29, 0.717) is 11.9 Å². The molecule has 4 rings (SSSR count). The van der Waals surface area contributed by atoms with Crippen LogP contribution in [-0.4, -0.2) is 96.2 Å². The first kappa shape index (κ1) is 25.5. The predicted octanol–water partition coefficient (Wildman–Crippen LogP) is 0.109. The number of carbonyl (C=O) groups excluding carboxylic acids is 2. The largest absolute Gasteiger partial charge is 0.391 e. The summed E-state index contributed by atoms with van der Waals surface area (Å²) >= 11 is 0. The molecule has 6 atom stereocenters. The summed E-state index contributed by atoms with van der Waals surface area (Å²) in [6.07, 6.45) is 2.17. The number of aliphatic hydroxyl groups excluding tert-OH is 1. The molecule has 0 bridgehead atoms. The van der Waals surface area contributed by atoms with Gasteiger partial charge in [0.15, 0.2) is 0 Å². The Balaban J connectivity index is 1.71. The van der Waals surface area contributed by atoms with Crippen LogP contribution in [0.25, 0.3) is 10.9 Å². The minimum absolute atomic E-state index is 0.171. The van der Waals surface area contributed by atoms with E-state index >= 15 is 0 Å². The van der Waals surface area contributed by atoms with E-state index in [9.17, 15) is 27.5 Å². The van der Waals surface area contributed by atoms with E-state index in [-0.39, 0.29) is 19.0 Å². The van der Waals surface area contributed by atoms with Crippen molar-refractivity contribution in [3.63, 3.8) is 0 Å². The number of benzene rings is 1. The molecule has 192 valence electrons. The lowest BCUT2D eigenvalue weighted by molar-refractivity contribution is -0.140. The Hall–Kier alpha value is -2.54. The van der Waals surface area contributed by atoms with E-state index in [1.807, 2.05) is 0 Å². The van der Waals surface area contributed by atoms with Gasteiger partial charge < -0.3 is 25.6 Å². The molecular formula is C23H32FN5O5S. The van der Waals surface area contributed by atoms with Gasteiger partial charge in [-0.1, -0.05) is 0 Å². The van der Waals surface area contributed by atoms with Crippen LogP contribution in [0, 0.1) is 5.82 Å². The molecular weight excluding hydrogens is 477 g/mol. The van der Waals surface area contributed by atoms with Crippen molar-refractivity contribution < 1.29 is 27.5 Å². The average molecular weight is 510 g/mol. The van der Waals surface area contributed by atoms with Crippen molar-refractivity contribution in [3.8, 4) is 0 Å². The number of nitrogens with zero attached hydrogens (tertiary/aromatic N) is 2. The molecule has 2 amide bonds. The van der Waals surface area contributed by atoms with E-state index in [2.05, 4.69) is 15.6 Å². The number of hydrogen-bond donors (Lipinski definition) is 4. The normalized spacial score (nSPS) is 25.4. The number of aromatic amines is 1. The lowest BCUT2D eigenvalue weighted by atomic mass is 9.91. The SMILES string of the molecule is CN[C@@H](C)C(=O)N[C@H](C(=O)N1CC[C@@H]2[C@H]1[C@H](c1c[nH]c3cc(F)ccc13)CN2S(C)(=O)=O)[C@@H](C)O. The van der Waals surface area contributed by atoms with Crippen LogP contribution in [0.5, 0.6) is 0 Å². The molecule has 2 fully saturated rings. The zero-order valence-corrected chi connectivity index (χ0v) is 21.0. The summed E-state index contributed by atoms with van der Waals surface area (Å²) < 4.78 is 40.4. The Kier molecular flexibility index (Phi) is 6.93. The van der Waals surface area contributed by atoms with E-state index in [1.165, 1.54) is 23.4 Å². The molecule has 2 aromatic rings. The number of fused-ring (bicyclic) bond motifs is 2. The second-order valence-corrected chi connectivity index (χ2v) is 11.4. The van der Waals surface area contributed by atoms with Gasteiger partial charge in [-0.15, -0.1) is 0 Å². The van der Waals surface area contributed by atoms with Crippen LogP contribution in [0.15, 0.2) is 24.4 Å². The highest BCUT2D eigenvalue weighted by atomic mass is 32.2. The zero-order valence-electron chi connectivity index (χ0n) is 20.2. The summed E-state index contributed by atoms with van der Waals surface area (Å²) in [5.41, 5.74) is 1.38. The average Bonchev–Trinajstić information content (AvgIpc) is 3.49. The molecule has 3 heterocycles. The number of H-pyrrole nitrogens is 1. The molecule has 35 heavy (non-hydrogen) atoms. The molecule has 2 aliphatic heterocycles. The quantitative estimate of drug-likeness (QED) is 0.419. The summed E-state index contributed by atoms with van der Waals surface area (Å²) in [4.78, 5) is 30.8. The maximum atomic E-state index is 13.8. The summed E-state index contributed by atoms with van der Waals surface area (Å²) in [5.74, 6) is -1.66. The molecule has 0 radical (unpaired) electrons. The summed E-state index contributed by atoms with van der Waals surface area (Å²) in [5, 5.41) is 16.5. The van der Waals surface area contributed by atoms with Crippen LogP contribution < -0.4 is 10.6 Å². The third kappa shape index (κ3) is 4.67. The highest BCUT2D eigenvalue weighted by molar-refractivity contribution is 7.88. The van der Waals surface area contributed by atoms with Crippen molar-refractivity contribution in [1.82, 2.24) is 24.8 Å². The predicted molar refractivity (Wildman–Crippen MR) is 129 cm³/mol. The molecule has 1 aromatic heterocycles. The number of aliphatic hydroxyl groups is 1. The first-order valence-corrected chi connectivity index (χ1v) is 13.5. The number of rotatable bonds is 7. The van der Waals surface area contributed by atoms with Gasteiger partial charge >= 0.3 is 0 Å². The number of likely N-dealkylation sites (tertiary alicyclic amines) is 1. The number of sulfonamides is 1. The van der Waals surface area contributed by atoms with Crippen molar-refractivity contribution in [1.29, 1.82) is 0 Å². The minimum Gasteiger partial charge on any atom is -0.391 e. The second-order valence-electron chi connectivity index (χ2n) is 9.49. The summed E-state index contributed by atoms with van der Waals surface area (Å²) in [6.45, 7) is 3.53. The van der Waals surface area contributed by atoms with E-state index < -0.39 is 57.9 Å². The van der Waals surface area contributed by atoms with Crippen LogP contribution >= 0.6 is 0 Å². The van der Waals surface area contributed by atoms with Gasteiger partial charge in [0.1, 0.15) is 11.9 Å². The third-order valence-corrected chi connectivity index (χ3v) is 8.51. The maximum Gasteiger partial charge on any atom is 0.248 e. The lowest BCUT2D eigenvalue weighted by Crippen LogP contribution is -2.58. The van der Waals surface area contributed by atoms with Crippen LogP contribution in [-0.2, 0) is 19.6 Å². The van der Waals surface area contributed by atoms with Crippen molar-refractivity contribution in [2.45, 2.75) is 56.5 Å². The van der Waals surface area contributed by atoms with Crippen molar-refractivity contribution in [3.05, 3.63) is 35.8 Å². The number of carbonyl (C=O) groups is 2. The van der Waals surface area contributed by atoms with Crippen molar-refractivity contribution in [2.24, 2.45) is 0 Å². The molecule has 1 aromatic carbocycles. The lowest BCUT2D eigenvalue weighted by Gasteiger charge is -2.33. The van der Waals surface area contributed by atoms with Crippen LogP contribution in [0.2, 0.25) is 0 Å². The summed E-state index contributed by atoms with van der Waals surface area (Å²) in [6, 6.07) is 1.68. The number of aromatic nitrogens is 1. The van der Waals surface area contributed by atoms with Crippen LogP contribution in [0.4, 0.5) is 4.39 Å². The van der Waals surface area contributed by atoms with E-state index in [0.717, 1.165) is 17.2 Å². The molecule has 2 aliphatic rings. The Morgan fingerprint density at radius 3 is 2.63 bits per heavy atom. The number of halogens is 1. The molecule has 10 nitrogen and oxygen atoms in total. The van der Waals surface area contributed by atoms with E-state index in [1.54, 1.807) is 31.1 Å². The first-order valence-electron chi connectivity index (χ1n) is 11.6. The van der Waals surface area contributed by atoms with Gasteiger partial charge in [0.2, 0.25) is 21.8 Å². The Morgan fingerprint density at radius 1 is 1.29 bits per heavy atom. The zero-order chi connectivity index (χ0) is 25.7. The number of nitrogens with one attached hydrogen (secondary N) is 3. The van der Waals surface area contributed by atoms with Crippen LogP contribution in [0.3, 0.4) is 0 Å². The molecule has 0 unspecified atom stereocenters. The molecule has 0 spiro atoms. The van der Waals surface area contributed by atoms with Gasteiger partial charge in [0.25, 0.3) is 0 Å². The van der Waals surface area contributed by atoms with Gasteiger partial charge in [0, 0.05) is 42.1 Å². The molecule has 0 aliphatic carbocycles. The van der Waals surface area contributed by atoms with Gasteiger partial charge in [-0.05, 0) is 51.1 Å². The summed E-state index contributed by atoms with van der Waals surface area (Å²) in [7, 11) is -1.95. The van der Waals surface area contributed by atoms with Crippen molar-refractivity contribution in [2.75, 3.05) is 26.4 Å². The number of amides is 2. The Labute approximate surface area is 203 Å². The Bertz CT molecular complexity index is 1230. The third-order valence-electron chi connectivity index (χ3n) is 7.24. The second kappa shape index (κ2) is 9.49. The standard InChI is InChI=1S/C23H32FN5O5S/c1-12(25-3)22(31)27-20(13(2)30)23(32)28-8-7-19-21(28)17(11-29(19)35(4,33)34)16-10-26-18-9-14(24)5-6-15(16)18/h5-6,9-10,12-13,17,19-21,25-26,30H,7-8,11H2,1-4H3,(H,27,31)/t12-,13+,17-,19+,20-,21+/m0/s1. The molecule has 4 N–H and O–H groups in total. The van der Waals surface area contributed by atoms with Crippen LogP contribution in [0.1, 0.15) is 31.7 Å². The first-order chi connectivity index (χ1) is 16.4. The number of likely N-dealkylation sites (N-methyl/N-ethyl adjacent to an activating group) is 1. The fourth-order valence-electron chi connectivity index (χ4n) is 5.36. The fourth-order valence-corrected chi connectivity index (χ4v) is 6.51. The minimum atomic E-state index is -3.56. The molecule has 0 saturated carbocycles. The smallest absolute Gasteiger partial charge is 0.248 e. The topological polar surface area (TPSA) is 135 Å². The Morgan fingerprint density at radius 2 is 2.00 bits per heavy atom. The van der Waals surface area contributed by atoms with Gasteiger partial charge in [-0.3, -0.25) is 9.59 Å². The highest BCUT2D eigenvalue weighted by Crippen LogP contribution is 2.44. The van der Waals surface area contributed by atoms with Crippen molar-refractivity contribution >= 4 is 32.7 Å². The van der Waals surface area contributed by atoms with E-state index in [4.69, 9.17) is 0 Å². The van der Waals surface area contributed by atoms with Gasteiger partial charge in [-0.25, -0.2) is 12.8 Å². The monoisotopic (exact) mass is 509 g/mol. The molecule has 2 saturated heterocycles. The van der Waals surface area contributed by atoms with Gasteiger partial charge in [0.05, 0.1) is 24.4 Å². The fraction of sp³-hybridized carbons (Fsp3) is 0.565.